The predicted molar refractivity (Wildman–Crippen MR) is 72.9 cm³/mol. The van der Waals surface area contributed by atoms with E-state index >= 15 is 0 Å². The van der Waals surface area contributed by atoms with E-state index in [2.05, 4.69) is 0 Å². The zero-order valence-corrected chi connectivity index (χ0v) is 11.3. The molecule has 1 fully saturated rings. The molecule has 1 aliphatic rings. The third-order valence-electron chi connectivity index (χ3n) is 3.24. The molecule has 6 heteroatoms. The highest BCUT2D eigenvalue weighted by atomic mass is 35.5. The van der Waals surface area contributed by atoms with Crippen LogP contribution < -0.4 is 0 Å². The predicted octanol–water partition coefficient (Wildman–Crippen LogP) is 2.78. The number of furan rings is 1. The molecule has 104 valence electrons. The van der Waals surface area contributed by atoms with Crippen LogP contribution in [0.4, 0.5) is 0 Å². The van der Waals surface area contributed by atoms with E-state index in [-0.39, 0.29) is 24.3 Å². The molecule has 1 N–H and O–H groups in total. The van der Waals surface area contributed by atoms with E-state index in [1.807, 2.05) is 0 Å². The second-order valence-electron chi connectivity index (χ2n) is 4.85. The quantitative estimate of drug-likeness (QED) is 0.941. The maximum Gasteiger partial charge on any atom is 0.323 e. The van der Waals surface area contributed by atoms with Crippen LogP contribution in [-0.2, 0) is 4.79 Å². The maximum absolute atomic E-state index is 12.4. The number of hydrogen-bond donors (Lipinski definition) is 1. The molecule has 1 heterocycles. The minimum atomic E-state index is -1.02. The summed E-state index contributed by atoms with van der Waals surface area (Å²) < 4.78 is 5.48. The average Bonchev–Trinajstić information content (AvgIpc) is 3.14. The van der Waals surface area contributed by atoms with Crippen molar-refractivity contribution in [3.63, 3.8) is 0 Å². The summed E-state index contributed by atoms with van der Waals surface area (Å²) in [4.78, 5) is 24.6. The molecule has 0 aliphatic heterocycles. The van der Waals surface area contributed by atoms with Gasteiger partial charge in [-0.15, -0.1) is 0 Å². The lowest BCUT2D eigenvalue weighted by atomic mass is 10.2. The third-order valence-corrected chi connectivity index (χ3v) is 3.48. The van der Waals surface area contributed by atoms with Gasteiger partial charge in [-0.1, -0.05) is 11.6 Å². The molecular formula is C14H12ClNO4. The summed E-state index contributed by atoms with van der Waals surface area (Å²) >= 11 is 5.88. The standard InChI is InChI=1S/C14H12ClNO4/c15-9-1-4-11-8(5-9)6-12(20-11)14(19)16(7-13(17)18)10-2-3-10/h1,4-6,10H,2-3,7H2,(H,17,18). The summed E-state index contributed by atoms with van der Waals surface area (Å²) in [5.41, 5.74) is 0.559. The molecule has 1 aromatic heterocycles. The van der Waals surface area contributed by atoms with Gasteiger partial charge in [-0.05, 0) is 37.1 Å². The number of halogens is 1. The monoisotopic (exact) mass is 293 g/mol. The second kappa shape index (κ2) is 4.83. The largest absolute Gasteiger partial charge is 0.480 e. The molecule has 0 bridgehead atoms. The Hall–Kier alpha value is -2.01. The van der Waals surface area contributed by atoms with E-state index in [1.165, 1.54) is 4.90 Å². The van der Waals surface area contributed by atoms with Gasteiger partial charge >= 0.3 is 5.97 Å². The van der Waals surface area contributed by atoms with Crippen molar-refractivity contribution < 1.29 is 19.1 Å². The number of carboxylic acids is 1. The number of carboxylic acid groups (broad SMARTS) is 1. The minimum Gasteiger partial charge on any atom is -0.480 e. The molecule has 1 saturated carbocycles. The van der Waals surface area contributed by atoms with Gasteiger partial charge in [0, 0.05) is 16.5 Å². The van der Waals surface area contributed by atoms with Gasteiger partial charge in [-0.3, -0.25) is 9.59 Å². The SMILES string of the molecule is O=C(O)CN(C(=O)c1cc2cc(Cl)ccc2o1)C1CC1. The van der Waals surface area contributed by atoms with Crippen molar-refractivity contribution in [1.29, 1.82) is 0 Å². The summed E-state index contributed by atoms with van der Waals surface area (Å²) in [6.07, 6.45) is 1.68. The average molecular weight is 294 g/mol. The van der Waals surface area contributed by atoms with Gasteiger partial charge in [0.05, 0.1) is 0 Å². The summed E-state index contributed by atoms with van der Waals surface area (Å²) in [7, 11) is 0. The van der Waals surface area contributed by atoms with Crippen LogP contribution in [0.1, 0.15) is 23.4 Å². The number of benzene rings is 1. The number of nitrogens with zero attached hydrogens (tertiary/aromatic N) is 1. The zero-order valence-electron chi connectivity index (χ0n) is 10.5. The lowest BCUT2D eigenvalue weighted by molar-refractivity contribution is -0.137. The Bertz CT molecular complexity index is 690. The molecule has 0 spiro atoms. The number of amides is 1. The Morgan fingerprint density at radius 2 is 2.10 bits per heavy atom. The van der Waals surface area contributed by atoms with E-state index in [0.717, 1.165) is 18.2 Å². The van der Waals surface area contributed by atoms with Crippen molar-refractivity contribution in [3.8, 4) is 0 Å². The van der Waals surface area contributed by atoms with Crippen molar-refractivity contribution in [3.05, 3.63) is 35.0 Å². The fraction of sp³-hybridized carbons (Fsp3) is 0.286. The number of carbonyl (C=O) groups is 2. The molecule has 3 rings (SSSR count). The molecular weight excluding hydrogens is 282 g/mol. The third kappa shape index (κ3) is 2.49. The Balaban J connectivity index is 1.92. The number of carbonyl (C=O) groups excluding carboxylic acids is 1. The van der Waals surface area contributed by atoms with Gasteiger partial charge in [-0.25, -0.2) is 0 Å². The van der Waals surface area contributed by atoms with Gasteiger partial charge in [-0.2, -0.15) is 0 Å². The molecule has 5 nitrogen and oxygen atoms in total. The Labute approximate surface area is 119 Å². The van der Waals surface area contributed by atoms with Gasteiger partial charge < -0.3 is 14.4 Å². The normalized spacial score (nSPS) is 14.4. The highest BCUT2D eigenvalue weighted by Gasteiger charge is 2.35. The van der Waals surface area contributed by atoms with E-state index in [9.17, 15) is 9.59 Å². The van der Waals surface area contributed by atoms with Crippen molar-refractivity contribution in [2.24, 2.45) is 0 Å². The first kappa shape index (κ1) is 13.0. The number of rotatable bonds is 4. The summed E-state index contributed by atoms with van der Waals surface area (Å²) in [5.74, 6) is -1.26. The van der Waals surface area contributed by atoms with Crippen molar-refractivity contribution >= 4 is 34.4 Å². The molecule has 0 saturated heterocycles. The fourth-order valence-corrected chi connectivity index (χ4v) is 2.34. The molecule has 0 atom stereocenters. The van der Waals surface area contributed by atoms with Crippen LogP contribution in [0.15, 0.2) is 28.7 Å². The highest BCUT2D eigenvalue weighted by molar-refractivity contribution is 6.31. The van der Waals surface area contributed by atoms with Crippen LogP contribution in [0, 0.1) is 0 Å². The van der Waals surface area contributed by atoms with E-state index in [0.29, 0.717) is 10.6 Å². The lowest BCUT2D eigenvalue weighted by Crippen LogP contribution is -2.37. The first-order valence-electron chi connectivity index (χ1n) is 6.26. The van der Waals surface area contributed by atoms with Gasteiger partial charge in [0.1, 0.15) is 12.1 Å². The molecule has 0 radical (unpaired) electrons. The lowest BCUT2D eigenvalue weighted by Gasteiger charge is -2.18. The van der Waals surface area contributed by atoms with Crippen LogP contribution >= 0.6 is 11.6 Å². The van der Waals surface area contributed by atoms with Crippen LogP contribution in [0.25, 0.3) is 11.0 Å². The summed E-state index contributed by atoms with van der Waals surface area (Å²) in [5, 5.41) is 10.2. The van der Waals surface area contributed by atoms with Crippen molar-refractivity contribution in [1.82, 2.24) is 4.90 Å². The van der Waals surface area contributed by atoms with Gasteiger partial charge in [0.15, 0.2) is 5.76 Å². The Morgan fingerprint density at radius 3 is 2.75 bits per heavy atom. The molecule has 1 aliphatic carbocycles. The van der Waals surface area contributed by atoms with E-state index in [4.69, 9.17) is 21.1 Å². The second-order valence-corrected chi connectivity index (χ2v) is 5.29. The van der Waals surface area contributed by atoms with Crippen molar-refractivity contribution in [2.75, 3.05) is 6.54 Å². The number of hydrogen-bond acceptors (Lipinski definition) is 3. The van der Waals surface area contributed by atoms with Crippen molar-refractivity contribution in [2.45, 2.75) is 18.9 Å². The van der Waals surface area contributed by atoms with Crippen LogP contribution in [-0.4, -0.2) is 34.5 Å². The summed E-state index contributed by atoms with van der Waals surface area (Å²) in [6, 6.07) is 6.68. The van der Waals surface area contributed by atoms with Crippen LogP contribution in [0.2, 0.25) is 5.02 Å². The fourth-order valence-electron chi connectivity index (χ4n) is 2.16. The summed E-state index contributed by atoms with van der Waals surface area (Å²) in [6.45, 7) is -0.304. The maximum atomic E-state index is 12.4. The first-order chi connectivity index (χ1) is 9.54. The molecule has 20 heavy (non-hydrogen) atoms. The molecule has 2 aromatic rings. The Kier molecular flexibility index (Phi) is 3.14. The Morgan fingerprint density at radius 1 is 1.35 bits per heavy atom. The first-order valence-corrected chi connectivity index (χ1v) is 6.64. The molecule has 1 amide bonds. The van der Waals surface area contributed by atoms with E-state index in [1.54, 1.807) is 24.3 Å². The smallest absolute Gasteiger partial charge is 0.323 e. The topological polar surface area (TPSA) is 70.8 Å². The number of fused-ring (bicyclic) bond motifs is 1. The highest BCUT2D eigenvalue weighted by Crippen LogP contribution is 2.30. The molecule has 0 unspecified atom stereocenters. The van der Waals surface area contributed by atoms with Crippen LogP contribution in [0.3, 0.4) is 0 Å². The van der Waals surface area contributed by atoms with Crippen LogP contribution in [0.5, 0.6) is 0 Å². The molecule has 1 aromatic carbocycles. The van der Waals surface area contributed by atoms with Gasteiger partial charge in [0.25, 0.3) is 5.91 Å². The van der Waals surface area contributed by atoms with E-state index < -0.39 is 5.97 Å². The zero-order chi connectivity index (χ0) is 14.3. The van der Waals surface area contributed by atoms with Gasteiger partial charge in [0.2, 0.25) is 0 Å². The minimum absolute atomic E-state index is 0.00963. The number of aliphatic carboxylic acids is 1.